The minimum Gasteiger partial charge on any atom is -0.465 e. The summed E-state index contributed by atoms with van der Waals surface area (Å²) in [7, 11) is 0. The van der Waals surface area contributed by atoms with Crippen LogP contribution in [-0.2, 0) is 0 Å². The minimum absolute atomic E-state index is 0.248. The Hall–Kier alpha value is -1.44. The number of benzene rings is 1. The fraction of sp³-hybridized carbons (Fsp3) is 0.111. The standard InChI is InChI=1S/C9H6Cl2N2O2/c10-7-2-1-6(5-8(7)11)13(4-3-12)9(14)15/h1-2,5H,4H2,(H,14,15). The summed E-state index contributed by atoms with van der Waals surface area (Å²) < 4.78 is 0. The van der Waals surface area contributed by atoms with E-state index in [4.69, 9.17) is 33.6 Å². The van der Waals surface area contributed by atoms with Crippen LogP contribution < -0.4 is 4.90 Å². The lowest BCUT2D eigenvalue weighted by Gasteiger charge is -2.15. The van der Waals surface area contributed by atoms with Crippen molar-refractivity contribution in [2.45, 2.75) is 0 Å². The largest absolute Gasteiger partial charge is 0.465 e. The summed E-state index contributed by atoms with van der Waals surface area (Å²) in [4.78, 5) is 11.7. The zero-order chi connectivity index (χ0) is 11.4. The first kappa shape index (κ1) is 11.6. The van der Waals surface area contributed by atoms with Gasteiger partial charge in [-0.1, -0.05) is 23.2 Å². The first-order valence-electron chi connectivity index (χ1n) is 3.88. The number of carbonyl (C=O) groups is 1. The van der Waals surface area contributed by atoms with Gasteiger partial charge in [-0.2, -0.15) is 5.26 Å². The van der Waals surface area contributed by atoms with Gasteiger partial charge in [-0.25, -0.2) is 4.79 Å². The van der Waals surface area contributed by atoms with Gasteiger partial charge in [0.15, 0.2) is 0 Å². The molecule has 0 bridgehead atoms. The highest BCUT2D eigenvalue weighted by Gasteiger charge is 2.14. The van der Waals surface area contributed by atoms with Crippen LogP contribution in [0.25, 0.3) is 0 Å². The molecule has 1 N–H and O–H groups in total. The summed E-state index contributed by atoms with van der Waals surface area (Å²) in [5, 5.41) is 17.9. The second-order valence-electron chi connectivity index (χ2n) is 2.63. The van der Waals surface area contributed by atoms with E-state index in [0.717, 1.165) is 4.90 Å². The average molecular weight is 245 g/mol. The normalized spacial score (nSPS) is 9.40. The SMILES string of the molecule is N#CCN(C(=O)O)c1ccc(Cl)c(Cl)c1. The van der Waals surface area contributed by atoms with Gasteiger partial charge in [-0.3, -0.25) is 4.90 Å². The molecule has 0 radical (unpaired) electrons. The van der Waals surface area contributed by atoms with E-state index in [-0.39, 0.29) is 11.6 Å². The third-order valence-corrected chi connectivity index (χ3v) is 2.41. The van der Waals surface area contributed by atoms with Crippen LogP contribution >= 0.6 is 23.2 Å². The molecule has 0 saturated heterocycles. The van der Waals surface area contributed by atoms with Gasteiger partial charge in [0.1, 0.15) is 6.54 Å². The zero-order valence-electron chi connectivity index (χ0n) is 7.44. The Labute approximate surface area is 96.2 Å². The number of hydrogen-bond donors (Lipinski definition) is 1. The molecule has 0 aliphatic rings. The molecule has 0 fully saturated rings. The fourth-order valence-corrected chi connectivity index (χ4v) is 1.29. The van der Waals surface area contributed by atoms with Crippen LogP contribution in [0.3, 0.4) is 0 Å². The maximum atomic E-state index is 10.8. The van der Waals surface area contributed by atoms with Gasteiger partial charge in [-0.15, -0.1) is 0 Å². The van der Waals surface area contributed by atoms with E-state index >= 15 is 0 Å². The van der Waals surface area contributed by atoms with Gasteiger partial charge >= 0.3 is 6.09 Å². The lowest BCUT2D eigenvalue weighted by Crippen LogP contribution is -2.29. The molecule has 0 heterocycles. The second kappa shape index (κ2) is 4.87. The van der Waals surface area contributed by atoms with Crippen molar-refractivity contribution in [2.24, 2.45) is 0 Å². The quantitative estimate of drug-likeness (QED) is 0.814. The molecular weight excluding hydrogens is 239 g/mol. The number of rotatable bonds is 2. The van der Waals surface area contributed by atoms with Crippen molar-refractivity contribution >= 4 is 35.0 Å². The Bertz CT molecular complexity index is 429. The van der Waals surface area contributed by atoms with Crippen LogP contribution in [-0.4, -0.2) is 17.7 Å². The van der Waals surface area contributed by atoms with Crippen LogP contribution in [0.5, 0.6) is 0 Å². The molecule has 78 valence electrons. The highest BCUT2D eigenvalue weighted by atomic mass is 35.5. The third-order valence-electron chi connectivity index (χ3n) is 1.67. The van der Waals surface area contributed by atoms with Gasteiger partial charge in [0.05, 0.1) is 16.1 Å². The van der Waals surface area contributed by atoms with E-state index in [1.807, 2.05) is 0 Å². The van der Waals surface area contributed by atoms with Crippen molar-refractivity contribution in [1.82, 2.24) is 0 Å². The molecule has 0 aromatic heterocycles. The number of carboxylic acid groups (broad SMARTS) is 1. The topological polar surface area (TPSA) is 64.3 Å². The summed E-state index contributed by atoms with van der Waals surface area (Å²) in [6, 6.07) is 6.11. The molecule has 1 amide bonds. The van der Waals surface area contributed by atoms with Crippen molar-refractivity contribution in [1.29, 1.82) is 5.26 Å². The van der Waals surface area contributed by atoms with E-state index < -0.39 is 6.09 Å². The molecule has 0 aliphatic carbocycles. The van der Waals surface area contributed by atoms with Crippen LogP contribution in [0.1, 0.15) is 0 Å². The van der Waals surface area contributed by atoms with E-state index in [1.165, 1.54) is 18.2 Å². The molecule has 0 unspecified atom stereocenters. The Kier molecular flexibility index (Phi) is 3.78. The maximum Gasteiger partial charge on any atom is 0.412 e. The lowest BCUT2D eigenvalue weighted by atomic mass is 10.3. The molecule has 1 aromatic rings. The van der Waals surface area contributed by atoms with Crippen LogP contribution in [0.4, 0.5) is 10.5 Å². The van der Waals surface area contributed by atoms with Crippen molar-refractivity contribution in [3.63, 3.8) is 0 Å². The molecule has 0 spiro atoms. The second-order valence-corrected chi connectivity index (χ2v) is 3.44. The molecule has 15 heavy (non-hydrogen) atoms. The minimum atomic E-state index is -1.21. The maximum absolute atomic E-state index is 10.8. The molecule has 4 nitrogen and oxygen atoms in total. The Morgan fingerprint density at radius 2 is 2.13 bits per heavy atom. The molecule has 1 aromatic carbocycles. The van der Waals surface area contributed by atoms with Gasteiger partial charge in [0, 0.05) is 5.69 Å². The van der Waals surface area contributed by atoms with Gasteiger partial charge < -0.3 is 5.11 Å². The number of nitrogens with zero attached hydrogens (tertiary/aromatic N) is 2. The van der Waals surface area contributed by atoms with E-state index in [1.54, 1.807) is 6.07 Å². The van der Waals surface area contributed by atoms with E-state index in [2.05, 4.69) is 0 Å². The molecule has 6 heteroatoms. The summed E-state index contributed by atoms with van der Waals surface area (Å²) in [5.74, 6) is 0. The van der Waals surface area contributed by atoms with E-state index in [0.29, 0.717) is 10.7 Å². The Balaban J connectivity index is 3.07. The Morgan fingerprint density at radius 1 is 1.47 bits per heavy atom. The van der Waals surface area contributed by atoms with Crippen molar-refractivity contribution in [3.05, 3.63) is 28.2 Å². The van der Waals surface area contributed by atoms with Crippen LogP contribution in [0.2, 0.25) is 10.0 Å². The number of nitriles is 1. The van der Waals surface area contributed by atoms with Crippen molar-refractivity contribution in [2.75, 3.05) is 11.4 Å². The molecule has 1 rings (SSSR count). The number of anilines is 1. The van der Waals surface area contributed by atoms with Crippen LogP contribution in [0.15, 0.2) is 18.2 Å². The van der Waals surface area contributed by atoms with Gasteiger partial charge in [-0.05, 0) is 18.2 Å². The highest BCUT2D eigenvalue weighted by Crippen LogP contribution is 2.27. The lowest BCUT2D eigenvalue weighted by molar-refractivity contribution is 0.202. The van der Waals surface area contributed by atoms with E-state index in [9.17, 15) is 4.79 Å². The first-order valence-corrected chi connectivity index (χ1v) is 4.64. The fourth-order valence-electron chi connectivity index (χ4n) is 0.993. The molecule has 0 aliphatic heterocycles. The first-order chi connectivity index (χ1) is 7.06. The Morgan fingerprint density at radius 3 is 2.60 bits per heavy atom. The number of hydrogen-bond acceptors (Lipinski definition) is 2. The van der Waals surface area contributed by atoms with Gasteiger partial charge in [0.25, 0.3) is 0 Å². The summed E-state index contributed by atoms with van der Waals surface area (Å²) in [6.07, 6.45) is -1.21. The van der Waals surface area contributed by atoms with Crippen molar-refractivity contribution in [3.8, 4) is 6.07 Å². The summed E-state index contributed by atoms with van der Waals surface area (Å²) >= 11 is 11.4. The molecular formula is C9H6Cl2N2O2. The average Bonchev–Trinajstić information content (AvgIpc) is 2.18. The van der Waals surface area contributed by atoms with Crippen molar-refractivity contribution < 1.29 is 9.90 Å². The van der Waals surface area contributed by atoms with Gasteiger partial charge in [0.2, 0.25) is 0 Å². The smallest absolute Gasteiger partial charge is 0.412 e. The van der Waals surface area contributed by atoms with Crippen LogP contribution in [0, 0.1) is 11.3 Å². The number of amides is 1. The zero-order valence-corrected chi connectivity index (χ0v) is 8.96. The summed E-state index contributed by atoms with van der Waals surface area (Å²) in [5.41, 5.74) is 0.318. The predicted octanol–water partition coefficient (Wildman–Crippen LogP) is 3.00. The molecule has 0 atom stereocenters. The third kappa shape index (κ3) is 2.75. The summed E-state index contributed by atoms with van der Waals surface area (Å²) in [6.45, 7) is -0.257. The molecule has 0 saturated carbocycles. The predicted molar refractivity (Wildman–Crippen MR) is 57.4 cm³/mol. The monoisotopic (exact) mass is 244 g/mol. The highest BCUT2D eigenvalue weighted by molar-refractivity contribution is 6.42. The number of halogens is 2.